The molecule has 11 heavy (non-hydrogen) atoms. The third kappa shape index (κ3) is 0.827. The predicted octanol–water partition coefficient (Wildman–Crippen LogP) is 0.879. The molecule has 0 radical (unpaired) electrons. The third-order valence-electron chi connectivity index (χ3n) is 2.09. The maximum absolute atomic E-state index is 11.1. The first-order valence-corrected chi connectivity index (χ1v) is 3.62. The fourth-order valence-corrected chi connectivity index (χ4v) is 1.41. The SMILES string of the molecule is CN1C(=O)C=C2C=CC=CC21. The van der Waals surface area contributed by atoms with Crippen LogP contribution in [-0.4, -0.2) is 23.9 Å². The van der Waals surface area contributed by atoms with Gasteiger partial charge in [-0.15, -0.1) is 0 Å². The van der Waals surface area contributed by atoms with E-state index < -0.39 is 0 Å². The first kappa shape index (κ1) is 6.40. The summed E-state index contributed by atoms with van der Waals surface area (Å²) in [5, 5.41) is 0. The van der Waals surface area contributed by atoms with E-state index in [1.54, 1.807) is 11.0 Å². The zero-order valence-electron chi connectivity index (χ0n) is 6.32. The van der Waals surface area contributed by atoms with Crippen molar-refractivity contribution in [2.24, 2.45) is 0 Å². The van der Waals surface area contributed by atoms with Crippen LogP contribution in [0.5, 0.6) is 0 Å². The summed E-state index contributed by atoms with van der Waals surface area (Å²) in [4.78, 5) is 12.9. The molecule has 1 unspecified atom stereocenters. The zero-order valence-corrected chi connectivity index (χ0v) is 6.32. The number of carbonyl (C=O) groups excluding carboxylic acids is 1. The molecule has 0 N–H and O–H groups in total. The van der Waals surface area contributed by atoms with Gasteiger partial charge in [-0.05, 0) is 5.57 Å². The Morgan fingerprint density at radius 1 is 1.45 bits per heavy atom. The van der Waals surface area contributed by atoms with Gasteiger partial charge in [-0.2, -0.15) is 0 Å². The maximum atomic E-state index is 11.1. The van der Waals surface area contributed by atoms with Gasteiger partial charge in [0, 0.05) is 13.1 Å². The predicted molar refractivity (Wildman–Crippen MR) is 42.9 cm³/mol. The van der Waals surface area contributed by atoms with E-state index >= 15 is 0 Å². The maximum Gasteiger partial charge on any atom is 0.247 e. The van der Waals surface area contributed by atoms with Crippen molar-refractivity contribution in [2.45, 2.75) is 6.04 Å². The Kier molecular flexibility index (Phi) is 1.22. The average molecular weight is 147 g/mol. The lowest BCUT2D eigenvalue weighted by Crippen LogP contribution is -2.29. The number of carbonyl (C=O) groups is 1. The largest absolute Gasteiger partial charge is 0.332 e. The number of rotatable bonds is 0. The monoisotopic (exact) mass is 147 g/mol. The summed E-state index contributed by atoms with van der Waals surface area (Å²) >= 11 is 0. The van der Waals surface area contributed by atoms with Crippen molar-refractivity contribution >= 4 is 5.91 Å². The van der Waals surface area contributed by atoms with Gasteiger partial charge in [0.15, 0.2) is 0 Å². The molecule has 0 aromatic rings. The topological polar surface area (TPSA) is 20.3 Å². The summed E-state index contributed by atoms with van der Waals surface area (Å²) in [6.45, 7) is 0. The fourth-order valence-electron chi connectivity index (χ4n) is 1.41. The lowest BCUT2D eigenvalue weighted by molar-refractivity contribution is -0.124. The number of hydrogen-bond acceptors (Lipinski definition) is 1. The zero-order chi connectivity index (χ0) is 7.84. The minimum Gasteiger partial charge on any atom is -0.332 e. The molecule has 0 bridgehead atoms. The molecule has 0 spiro atoms. The van der Waals surface area contributed by atoms with Gasteiger partial charge in [0.2, 0.25) is 5.91 Å². The van der Waals surface area contributed by atoms with E-state index in [9.17, 15) is 4.79 Å². The summed E-state index contributed by atoms with van der Waals surface area (Å²) in [6, 6.07) is 0.188. The Balaban J connectivity index is 2.40. The summed E-state index contributed by atoms with van der Waals surface area (Å²) in [6.07, 6.45) is 9.61. The molecule has 1 atom stereocenters. The summed E-state index contributed by atoms with van der Waals surface area (Å²) < 4.78 is 0. The molecule has 56 valence electrons. The van der Waals surface area contributed by atoms with Crippen molar-refractivity contribution in [3.8, 4) is 0 Å². The second kappa shape index (κ2) is 2.09. The van der Waals surface area contributed by atoms with Crippen molar-refractivity contribution in [1.82, 2.24) is 4.90 Å². The number of nitrogens with zero attached hydrogens (tertiary/aromatic N) is 1. The van der Waals surface area contributed by atoms with Gasteiger partial charge in [0.25, 0.3) is 0 Å². The number of hydrogen-bond donors (Lipinski definition) is 0. The molecular weight excluding hydrogens is 138 g/mol. The van der Waals surface area contributed by atoms with Gasteiger partial charge in [-0.25, -0.2) is 0 Å². The van der Waals surface area contributed by atoms with E-state index in [4.69, 9.17) is 0 Å². The molecule has 2 rings (SSSR count). The lowest BCUT2D eigenvalue weighted by atomic mass is 10.0. The molecule has 2 heteroatoms. The number of fused-ring (bicyclic) bond motifs is 1. The number of allylic oxidation sites excluding steroid dienone is 2. The highest BCUT2D eigenvalue weighted by atomic mass is 16.2. The lowest BCUT2D eigenvalue weighted by Gasteiger charge is -2.19. The van der Waals surface area contributed by atoms with Crippen molar-refractivity contribution < 1.29 is 4.79 Å². The van der Waals surface area contributed by atoms with Crippen LogP contribution in [0.1, 0.15) is 0 Å². The molecule has 0 saturated carbocycles. The Morgan fingerprint density at radius 3 is 3.00 bits per heavy atom. The molecule has 2 aliphatic rings. The van der Waals surface area contributed by atoms with E-state index in [-0.39, 0.29) is 11.9 Å². The van der Waals surface area contributed by atoms with Crippen molar-refractivity contribution in [3.63, 3.8) is 0 Å². The second-order valence-corrected chi connectivity index (χ2v) is 2.78. The minimum absolute atomic E-state index is 0.0983. The van der Waals surface area contributed by atoms with Crippen molar-refractivity contribution in [1.29, 1.82) is 0 Å². The summed E-state index contributed by atoms with van der Waals surface area (Å²) in [7, 11) is 1.82. The molecule has 2 nitrogen and oxygen atoms in total. The van der Waals surface area contributed by atoms with E-state index in [1.165, 1.54) is 0 Å². The van der Waals surface area contributed by atoms with Crippen LogP contribution in [0.25, 0.3) is 0 Å². The third-order valence-corrected chi connectivity index (χ3v) is 2.09. The van der Waals surface area contributed by atoms with Gasteiger partial charge >= 0.3 is 0 Å². The van der Waals surface area contributed by atoms with Crippen LogP contribution in [0, 0.1) is 0 Å². The molecule has 1 aliphatic carbocycles. The van der Waals surface area contributed by atoms with Crippen molar-refractivity contribution in [2.75, 3.05) is 7.05 Å². The van der Waals surface area contributed by atoms with Gasteiger partial charge in [0.05, 0.1) is 6.04 Å². The standard InChI is InChI=1S/C9H9NO/c1-10-8-5-3-2-4-7(8)6-9(10)11/h2-6,8H,1H3. The van der Waals surface area contributed by atoms with Crippen LogP contribution in [0.15, 0.2) is 36.0 Å². The molecule has 0 aromatic carbocycles. The molecule has 1 aliphatic heterocycles. The van der Waals surface area contributed by atoms with Crippen molar-refractivity contribution in [3.05, 3.63) is 36.0 Å². The van der Waals surface area contributed by atoms with Gasteiger partial charge in [0.1, 0.15) is 0 Å². The molecule has 0 aromatic heterocycles. The quantitative estimate of drug-likeness (QED) is 0.498. The second-order valence-electron chi connectivity index (χ2n) is 2.78. The van der Waals surface area contributed by atoms with Gasteiger partial charge in [-0.3, -0.25) is 4.79 Å². The van der Waals surface area contributed by atoms with Crippen LogP contribution in [0.2, 0.25) is 0 Å². The van der Waals surface area contributed by atoms with Crippen LogP contribution in [0.4, 0.5) is 0 Å². The number of amides is 1. The summed E-state index contributed by atoms with van der Waals surface area (Å²) in [5.41, 5.74) is 1.10. The van der Waals surface area contributed by atoms with E-state index in [2.05, 4.69) is 0 Å². The van der Waals surface area contributed by atoms with E-state index in [0.29, 0.717) is 0 Å². The fraction of sp³-hybridized carbons (Fsp3) is 0.222. The molecule has 0 fully saturated rings. The highest BCUT2D eigenvalue weighted by Crippen LogP contribution is 2.22. The Hall–Kier alpha value is -1.31. The van der Waals surface area contributed by atoms with Gasteiger partial charge < -0.3 is 4.90 Å². The Bertz CT molecular complexity index is 286. The van der Waals surface area contributed by atoms with Gasteiger partial charge in [-0.1, -0.05) is 24.3 Å². The first-order valence-electron chi connectivity index (χ1n) is 3.62. The first-order chi connectivity index (χ1) is 5.29. The smallest absolute Gasteiger partial charge is 0.247 e. The molecular formula is C9H9NO. The summed E-state index contributed by atoms with van der Waals surface area (Å²) in [5.74, 6) is 0.0983. The van der Waals surface area contributed by atoms with E-state index in [1.807, 2.05) is 31.4 Å². The Morgan fingerprint density at radius 2 is 2.27 bits per heavy atom. The van der Waals surface area contributed by atoms with Crippen LogP contribution < -0.4 is 0 Å². The van der Waals surface area contributed by atoms with Crippen LogP contribution >= 0.6 is 0 Å². The van der Waals surface area contributed by atoms with Crippen LogP contribution in [-0.2, 0) is 4.79 Å². The Labute approximate surface area is 65.5 Å². The number of likely N-dealkylation sites (N-methyl/N-ethyl adjacent to an activating group) is 1. The normalized spacial score (nSPS) is 27.4. The highest BCUT2D eigenvalue weighted by Gasteiger charge is 2.26. The molecule has 1 heterocycles. The average Bonchev–Trinajstić information content (AvgIpc) is 2.30. The highest BCUT2D eigenvalue weighted by molar-refractivity contribution is 5.93. The minimum atomic E-state index is 0.0983. The molecule has 0 saturated heterocycles. The van der Waals surface area contributed by atoms with Crippen LogP contribution in [0.3, 0.4) is 0 Å². The van der Waals surface area contributed by atoms with E-state index in [0.717, 1.165) is 5.57 Å². The molecule has 1 amide bonds.